The summed E-state index contributed by atoms with van der Waals surface area (Å²) in [6.07, 6.45) is 3.87. The third-order valence-corrected chi connectivity index (χ3v) is 11.9. The molecule has 0 aliphatic heterocycles. The summed E-state index contributed by atoms with van der Waals surface area (Å²) < 4.78 is 6.96. The second-order valence-corrected chi connectivity index (χ2v) is 13.5. The summed E-state index contributed by atoms with van der Waals surface area (Å²) >= 11 is 0. The van der Waals surface area contributed by atoms with Crippen LogP contribution in [0.2, 0.25) is 16.6 Å². The molecule has 23 heavy (non-hydrogen) atoms. The van der Waals surface area contributed by atoms with Gasteiger partial charge in [0, 0.05) is 17.8 Å². The van der Waals surface area contributed by atoms with Gasteiger partial charge in [0.15, 0.2) is 5.43 Å². The molecule has 0 aromatic carbocycles. The zero-order valence-electron chi connectivity index (χ0n) is 15.8. The van der Waals surface area contributed by atoms with Gasteiger partial charge in [-0.05, 0) is 35.4 Å². The average Bonchev–Trinajstić information content (AvgIpc) is 2.45. The number of hydrogen-bond acceptors (Lipinski definition) is 2. The van der Waals surface area contributed by atoms with E-state index in [4.69, 9.17) is 4.43 Å². The van der Waals surface area contributed by atoms with Crippen LogP contribution in [-0.4, -0.2) is 13.3 Å². The molecule has 4 heteroatoms. The van der Waals surface area contributed by atoms with Crippen LogP contribution in [0.1, 0.15) is 84.6 Å². The van der Waals surface area contributed by atoms with Crippen molar-refractivity contribution < 1.29 is 4.43 Å². The first-order valence-corrected chi connectivity index (χ1v) is 11.2. The lowest BCUT2D eigenvalue weighted by Gasteiger charge is -2.46. The maximum Gasteiger partial charge on any atom is 0.201 e. The molecule has 0 saturated carbocycles. The van der Waals surface area contributed by atoms with Crippen LogP contribution >= 0.6 is 0 Å². The number of nitrogens with one attached hydrogen (secondary N) is 1. The van der Waals surface area contributed by atoms with Crippen LogP contribution in [0.15, 0.2) is 17.1 Å². The first-order valence-electron chi connectivity index (χ1n) is 9.11. The predicted octanol–water partition coefficient (Wildman–Crippen LogP) is 5.51. The highest BCUT2D eigenvalue weighted by atomic mass is 28.4. The summed E-state index contributed by atoms with van der Waals surface area (Å²) in [4.78, 5) is 15.7. The van der Waals surface area contributed by atoms with Crippen molar-refractivity contribution in [2.24, 2.45) is 0 Å². The molecule has 1 N–H and O–H groups in total. The zero-order chi connectivity index (χ0) is 17.4. The zero-order valence-corrected chi connectivity index (χ0v) is 16.8. The molecule has 3 nitrogen and oxygen atoms in total. The van der Waals surface area contributed by atoms with Crippen molar-refractivity contribution in [1.82, 2.24) is 4.98 Å². The Labute approximate surface area is 142 Å². The van der Waals surface area contributed by atoms with Crippen LogP contribution in [0.4, 0.5) is 0 Å². The van der Waals surface area contributed by atoms with E-state index >= 15 is 0 Å². The Bertz CT molecular complexity index is 570. The monoisotopic (exact) mass is 335 g/mol. The largest absolute Gasteiger partial charge is 0.408 e. The molecule has 0 amide bonds. The van der Waals surface area contributed by atoms with Crippen LogP contribution in [-0.2, 0) is 4.43 Å². The van der Waals surface area contributed by atoms with Crippen molar-refractivity contribution in [3.8, 4) is 0 Å². The van der Waals surface area contributed by atoms with Gasteiger partial charge in [0.1, 0.15) is 0 Å². The first-order chi connectivity index (χ1) is 10.7. The summed E-state index contributed by atoms with van der Waals surface area (Å²) in [6.45, 7) is 16.0. The maximum atomic E-state index is 12.3. The fourth-order valence-electron chi connectivity index (χ4n) is 4.74. The molecule has 2 rings (SSSR count). The second kappa shape index (κ2) is 6.94. The normalized spacial score (nSPS) is 22.0. The van der Waals surface area contributed by atoms with Gasteiger partial charge in [-0.1, -0.05) is 48.5 Å². The quantitative estimate of drug-likeness (QED) is 0.721. The van der Waals surface area contributed by atoms with E-state index in [9.17, 15) is 4.79 Å². The van der Waals surface area contributed by atoms with Crippen molar-refractivity contribution in [2.75, 3.05) is 0 Å². The Kier molecular flexibility index (Phi) is 5.57. The average molecular weight is 336 g/mol. The van der Waals surface area contributed by atoms with Crippen LogP contribution in [0.25, 0.3) is 0 Å². The third-order valence-electron chi connectivity index (χ3n) is 5.76. The second-order valence-electron chi connectivity index (χ2n) is 8.07. The van der Waals surface area contributed by atoms with Gasteiger partial charge in [0.05, 0.1) is 11.8 Å². The minimum Gasteiger partial charge on any atom is -0.408 e. The summed E-state index contributed by atoms with van der Waals surface area (Å²) in [7, 11) is -1.94. The van der Waals surface area contributed by atoms with E-state index in [-0.39, 0.29) is 11.5 Å². The van der Waals surface area contributed by atoms with E-state index in [1.165, 1.54) is 0 Å². The third kappa shape index (κ3) is 3.20. The number of hydrogen-bond donors (Lipinski definition) is 1. The Hall–Kier alpha value is -0.873. The van der Waals surface area contributed by atoms with Gasteiger partial charge in [0.25, 0.3) is 0 Å². The molecule has 0 radical (unpaired) electrons. The lowest BCUT2D eigenvalue weighted by atomic mass is 9.85. The van der Waals surface area contributed by atoms with E-state index in [1.54, 1.807) is 12.3 Å². The van der Waals surface area contributed by atoms with Crippen LogP contribution in [0, 0.1) is 0 Å². The molecule has 2 unspecified atom stereocenters. The van der Waals surface area contributed by atoms with Gasteiger partial charge in [-0.2, -0.15) is 0 Å². The smallest absolute Gasteiger partial charge is 0.201 e. The fourth-order valence-corrected chi connectivity index (χ4v) is 10.3. The molecule has 0 spiro atoms. The van der Waals surface area contributed by atoms with Crippen molar-refractivity contribution in [1.29, 1.82) is 0 Å². The molecule has 130 valence electrons. The minimum atomic E-state index is -1.94. The van der Waals surface area contributed by atoms with Gasteiger partial charge in [0.2, 0.25) is 8.32 Å². The standard InChI is InChI=1S/C19H33NO2Si/c1-12(2)23(13(3)4,14(5)6)22-17-9-8-15(7)18-16(21)10-11-20-19(17)18/h10-15,17H,8-9H2,1-7H3,(H,20,21). The molecule has 0 saturated heterocycles. The van der Waals surface area contributed by atoms with Crippen LogP contribution < -0.4 is 5.43 Å². The molecule has 1 aliphatic carbocycles. The number of aromatic nitrogens is 1. The lowest BCUT2D eigenvalue weighted by Crippen LogP contribution is -2.49. The minimum absolute atomic E-state index is 0.0500. The van der Waals surface area contributed by atoms with Crippen LogP contribution in [0.3, 0.4) is 0 Å². The summed E-state index contributed by atoms with van der Waals surface area (Å²) in [5, 5.41) is 0. The maximum absolute atomic E-state index is 12.3. The highest BCUT2D eigenvalue weighted by Crippen LogP contribution is 2.47. The number of fused-ring (bicyclic) bond motifs is 1. The van der Waals surface area contributed by atoms with Crippen molar-refractivity contribution in [2.45, 2.75) is 90.0 Å². The summed E-state index contributed by atoms with van der Waals surface area (Å²) in [6, 6.07) is 1.65. The number of rotatable bonds is 5. The van der Waals surface area contributed by atoms with Crippen molar-refractivity contribution in [3.63, 3.8) is 0 Å². The lowest BCUT2D eigenvalue weighted by molar-refractivity contribution is 0.147. The molecule has 1 aromatic heterocycles. The Morgan fingerprint density at radius 1 is 1.09 bits per heavy atom. The van der Waals surface area contributed by atoms with E-state index in [2.05, 4.69) is 53.5 Å². The molecule has 1 aromatic rings. The number of H-pyrrole nitrogens is 1. The van der Waals surface area contributed by atoms with Gasteiger partial charge in [-0.25, -0.2) is 0 Å². The molecular formula is C19H33NO2Si. The molecule has 0 bridgehead atoms. The Balaban J connectivity index is 2.46. The fraction of sp³-hybridized carbons (Fsp3) is 0.737. The highest BCUT2D eigenvalue weighted by Gasteiger charge is 2.47. The Morgan fingerprint density at radius 3 is 2.17 bits per heavy atom. The van der Waals surface area contributed by atoms with Crippen molar-refractivity contribution >= 4 is 8.32 Å². The van der Waals surface area contributed by atoms with Gasteiger partial charge in [-0.3, -0.25) is 4.79 Å². The molecule has 0 fully saturated rings. The number of pyridine rings is 1. The summed E-state index contributed by atoms with van der Waals surface area (Å²) in [5.74, 6) is 0.322. The van der Waals surface area contributed by atoms with E-state index in [1.807, 2.05) is 0 Å². The van der Waals surface area contributed by atoms with Crippen molar-refractivity contribution in [3.05, 3.63) is 33.7 Å². The van der Waals surface area contributed by atoms with E-state index in [0.29, 0.717) is 22.5 Å². The number of aromatic amines is 1. The van der Waals surface area contributed by atoms with Crippen LogP contribution in [0.5, 0.6) is 0 Å². The van der Waals surface area contributed by atoms with Gasteiger partial charge >= 0.3 is 0 Å². The van der Waals surface area contributed by atoms with E-state index < -0.39 is 8.32 Å². The Morgan fingerprint density at radius 2 is 1.65 bits per heavy atom. The highest BCUT2D eigenvalue weighted by molar-refractivity contribution is 6.77. The SMILES string of the molecule is CC1CCC(O[Si](C(C)C)(C(C)C)C(C)C)c2[nH]ccc(=O)c21. The molecule has 2 atom stereocenters. The molecular weight excluding hydrogens is 302 g/mol. The van der Waals surface area contributed by atoms with Gasteiger partial charge in [-0.15, -0.1) is 0 Å². The van der Waals surface area contributed by atoms with E-state index in [0.717, 1.165) is 24.1 Å². The predicted molar refractivity (Wildman–Crippen MR) is 99.6 cm³/mol. The summed E-state index contributed by atoms with van der Waals surface area (Å²) in [5.41, 5.74) is 3.81. The molecule has 1 heterocycles. The first kappa shape index (κ1) is 18.5. The molecule has 1 aliphatic rings. The van der Waals surface area contributed by atoms with Gasteiger partial charge < -0.3 is 9.41 Å². The topological polar surface area (TPSA) is 42.1 Å².